The SMILES string of the molecule is C[C@@H](Sc1nnc([C@@H]2CCS(=O)(=O)C2)o1)C(=O)N(C)CCC#N. The van der Waals surface area contributed by atoms with Gasteiger partial charge in [-0.1, -0.05) is 11.8 Å². The van der Waals surface area contributed by atoms with Crippen molar-refractivity contribution in [2.45, 2.75) is 36.2 Å². The summed E-state index contributed by atoms with van der Waals surface area (Å²) < 4.78 is 28.5. The molecule has 2 rings (SSSR count). The maximum absolute atomic E-state index is 12.1. The van der Waals surface area contributed by atoms with Crippen LogP contribution in [0.25, 0.3) is 0 Å². The fraction of sp³-hybridized carbons (Fsp3) is 0.692. The van der Waals surface area contributed by atoms with Gasteiger partial charge in [-0.25, -0.2) is 8.42 Å². The first kappa shape index (κ1) is 17.7. The fourth-order valence-corrected chi connectivity index (χ4v) is 4.80. The lowest BCUT2D eigenvalue weighted by Crippen LogP contribution is -2.33. The highest BCUT2D eigenvalue weighted by atomic mass is 32.2. The predicted molar refractivity (Wildman–Crippen MR) is 83.5 cm³/mol. The van der Waals surface area contributed by atoms with E-state index in [1.165, 1.54) is 4.90 Å². The molecule has 0 aromatic carbocycles. The van der Waals surface area contributed by atoms with Crippen LogP contribution in [0.2, 0.25) is 0 Å². The van der Waals surface area contributed by atoms with Crippen molar-refractivity contribution >= 4 is 27.5 Å². The zero-order valence-electron chi connectivity index (χ0n) is 12.9. The van der Waals surface area contributed by atoms with Gasteiger partial charge in [-0.05, 0) is 13.3 Å². The Kier molecular flexibility index (Phi) is 5.64. The van der Waals surface area contributed by atoms with Crippen LogP contribution < -0.4 is 0 Å². The molecule has 0 spiro atoms. The number of rotatable bonds is 6. The summed E-state index contributed by atoms with van der Waals surface area (Å²) in [6.07, 6.45) is 0.764. The summed E-state index contributed by atoms with van der Waals surface area (Å²) in [4.78, 5) is 13.6. The molecule has 126 valence electrons. The average molecular weight is 358 g/mol. The molecule has 0 aliphatic carbocycles. The zero-order chi connectivity index (χ0) is 17.0. The Balaban J connectivity index is 1.94. The van der Waals surface area contributed by atoms with Crippen LogP contribution in [0.1, 0.15) is 31.6 Å². The molecule has 23 heavy (non-hydrogen) atoms. The summed E-state index contributed by atoms with van der Waals surface area (Å²) in [7, 11) is -1.37. The zero-order valence-corrected chi connectivity index (χ0v) is 14.6. The summed E-state index contributed by atoms with van der Waals surface area (Å²) in [5, 5.41) is 16.1. The van der Waals surface area contributed by atoms with Crippen molar-refractivity contribution in [1.82, 2.24) is 15.1 Å². The number of nitriles is 1. The molecular weight excluding hydrogens is 340 g/mol. The van der Waals surface area contributed by atoms with Crippen LogP contribution in [0.5, 0.6) is 0 Å². The Labute approximate surface area is 139 Å². The molecule has 2 atom stereocenters. The van der Waals surface area contributed by atoms with E-state index in [-0.39, 0.29) is 35.0 Å². The van der Waals surface area contributed by atoms with Gasteiger partial charge in [-0.3, -0.25) is 4.79 Å². The van der Waals surface area contributed by atoms with Crippen LogP contribution in [0, 0.1) is 11.3 Å². The molecule has 8 nitrogen and oxygen atoms in total. The highest BCUT2D eigenvalue weighted by molar-refractivity contribution is 8.00. The van der Waals surface area contributed by atoms with Crippen molar-refractivity contribution in [2.75, 3.05) is 25.1 Å². The molecule has 1 aromatic rings. The summed E-state index contributed by atoms with van der Waals surface area (Å²) in [5.41, 5.74) is 0. The molecule has 0 N–H and O–H groups in total. The molecule has 1 aromatic heterocycles. The van der Waals surface area contributed by atoms with Crippen LogP contribution in [0.3, 0.4) is 0 Å². The summed E-state index contributed by atoms with van der Waals surface area (Å²) in [6.45, 7) is 2.09. The van der Waals surface area contributed by atoms with E-state index < -0.39 is 15.1 Å². The lowest BCUT2D eigenvalue weighted by Gasteiger charge is -2.18. The van der Waals surface area contributed by atoms with Crippen molar-refractivity contribution in [2.24, 2.45) is 0 Å². The molecule has 1 fully saturated rings. The molecule has 1 amide bonds. The van der Waals surface area contributed by atoms with Gasteiger partial charge in [-0.15, -0.1) is 10.2 Å². The van der Waals surface area contributed by atoms with Crippen LogP contribution in [-0.4, -0.2) is 59.8 Å². The van der Waals surface area contributed by atoms with Crippen LogP contribution in [0.15, 0.2) is 9.64 Å². The van der Waals surface area contributed by atoms with E-state index in [1.54, 1.807) is 14.0 Å². The molecule has 1 aliphatic heterocycles. The summed E-state index contributed by atoms with van der Waals surface area (Å²) >= 11 is 1.13. The Bertz CT molecular complexity index is 710. The first-order chi connectivity index (χ1) is 10.8. The average Bonchev–Trinajstić information content (AvgIpc) is 3.10. The van der Waals surface area contributed by atoms with E-state index in [4.69, 9.17) is 9.68 Å². The van der Waals surface area contributed by atoms with Crippen molar-refractivity contribution in [3.63, 3.8) is 0 Å². The van der Waals surface area contributed by atoms with Gasteiger partial charge in [0.05, 0.1) is 35.2 Å². The maximum Gasteiger partial charge on any atom is 0.277 e. The van der Waals surface area contributed by atoms with Gasteiger partial charge in [0.15, 0.2) is 9.84 Å². The highest BCUT2D eigenvalue weighted by Crippen LogP contribution is 2.31. The molecule has 0 unspecified atom stereocenters. The third kappa shape index (κ3) is 4.68. The van der Waals surface area contributed by atoms with E-state index in [0.717, 1.165) is 11.8 Å². The number of sulfone groups is 1. The third-order valence-corrected chi connectivity index (χ3v) is 6.25. The van der Waals surface area contributed by atoms with E-state index in [0.29, 0.717) is 18.9 Å². The van der Waals surface area contributed by atoms with Crippen LogP contribution >= 0.6 is 11.8 Å². The highest BCUT2D eigenvalue weighted by Gasteiger charge is 2.33. The molecule has 0 saturated carbocycles. The Morgan fingerprint density at radius 3 is 2.91 bits per heavy atom. The van der Waals surface area contributed by atoms with Crippen LogP contribution in [-0.2, 0) is 14.6 Å². The van der Waals surface area contributed by atoms with Gasteiger partial charge in [0.25, 0.3) is 5.22 Å². The van der Waals surface area contributed by atoms with E-state index in [1.807, 2.05) is 6.07 Å². The van der Waals surface area contributed by atoms with Gasteiger partial charge in [0, 0.05) is 13.6 Å². The molecule has 1 saturated heterocycles. The van der Waals surface area contributed by atoms with E-state index in [2.05, 4.69) is 10.2 Å². The molecular formula is C13H18N4O4S2. The predicted octanol–water partition coefficient (Wildman–Crippen LogP) is 0.824. The summed E-state index contributed by atoms with van der Waals surface area (Å²) in [5.74, 6) is 0.0943. The topological polar surface area (TPSA) is 117 Å². The monoisotopic (exact) mass is 358 g/mol. The van der Waals surface area contributed by atoms with Gasteiger partial charge < -0.3 is 9.32 Å². The quantitative estimate of drug-likeness (QED) is 0.686. The lowest BCUT2D eigenvalue weighted by molar-refractivity contribution is -0.128. The van der Waals surface area contributed by atoms with Gasteiger partial charge in [0.2, 0.25) is 11.8 Å². The smallest absolute Gasteiger partial charge is 0.277 e. The minimum absolute atomic E-state index is 0.0324. The third-order valence-electron chi connectivity index (χ3n) is 3.56. The van der Waals surface area contributed by atoms with Crippen molar-refractivity contribution < 1.29 is 17.6 Å². The van der Waals surface area contributed by atoms with Crippen molar-refractivity contribution in [3.8, 4) is 6.07 Å². The molecule has 0 bridgehead atoms. The standard InChI is InChI=1S/C13H18N4O4S2/c1-9(12(18)17(2)6-3-5-14)22-13-16-15-11(21-13)10-4-7-23(19,20)8-10/h9-10H,3-4,6-8H2,1-2H3/t9-,10-/m1/s1. The largest absolute Gasteiger partial charge is 0.416 e. The van der Waals surface area contributed by atoms with Gasteiger partial charge in [0.1, 0.15) is 0 Å². The van der Waals surface area contributed by atoms with E-state index in [9.17, 15) is 13.2 Å². The maximum atomic E-state index is 12.1. The molecule has 0 radical (unpaired) electrons. The first-order valence-electron chi connectivity index (χ1n) is 7.15. The minimum atomic E-state index is -3.01. The normalized spacial score (nSPS) is 20.8. The van der Waals surface area contributed by atoms with Crippen molar-refractivity contribution in [3.05, 3.63) is 5.89 Å². The fourth-order valence-electron chi connectivity index (χ4n) is 2.26. The second-order valence-corrected chi connectivity index (χ2v) is 8.95. The number of hydrogen-bond donors (Lipinski definition) is 0. The minimum Gasteiger partial charge on any atom is -0.416 e. The second-order valence-electron chi connectivity index (χ2n) is 5.43. The number of thioether (sulfide) groups is 1. The number of carbonyl (C=O) groups excluding carboxylic acids is 1. The number of hydrogen-bond acceptors (Lipinski definition) is 8. The van der Waals surface area contributed by atoms with Gasteiger partial charge in [-0.2, -0.15) is 5.26 Å². The van der Waals surface area contributed by atoms with Crippen LogP contribution in [0.4, 0.5) is 0 Å². The summed E-state index contributed by atoms with van der Waals surface area (Å²) in [6, 6.07) is 1.99. The number of amides is 1. The second kappa shape index (κ2) is 7.31. The Morgan fingerprint density at radius 1 is 1.57 bits per heavy atom. The number of aromatic nitrogens is 2. The Hall–Kier alpha value is -1.60. The molecule has 1 aliphatic rings. The molecule has 2 heterocycles. The first-order valence-corrected chi connectivity index (χ1v) is 9.85. The van der Waals surface area contributed by atoms with Gasteiger partial charge >= 0.3 is 0 Å². The van der Waals surface area contributed by atoms with Crippen molar-refractivity contribution in [1.29, 1.82) is 5.26 Å². The Morgan fingerprint density at radius 2 is 2.30 bits per heavy atom. The lowest BCUT2D eigenvalue weighted by atomic mass is 10.1. The number of carbonyl (C=O) groups is 1. The molecule has 10 heteroatoms. The number of nitrogens with zero attached hydrogens (tertiary/aromatic N) is 4. The van der Waals surface area contributed by atoms with E-state index >= 15 is 0 Å².